The van der Waals surface area contributed by atoms with Gasteiger partial charge in [0.25, 0.3) is 0 Å². The molecule has 0 saturated heterocycles. The molecule has 2 heterocycles. The largest absolute Gasteiger partial charge is 0.480 e. The Bertz CT molecular complexity index is 1110. The zero-order valence-electron chi connectivity index (χ0n) is 15.3. The molecule has 4 rings (SSSR count). The number of carbonyl (C=O) groups is 1. The Morgan fingerprint density at radius 2 is 1.86 bits per heavy atom. The maximum atomic E-state index is 12.7. The molecule has 1 aromatic heterocycles. The molecule has 1 unspecified atom stereocenters. The van der Waals surface area contributed by atoms with Crippen LogP contribution >= 0.6 is 0 Å². The SMILES string of the molecule is O=C(O)[C@@H](CC1CNc2ccccc21)NS(=O)(=O)c1ccc(-n2nccn2)cc1. The van der Waals surface area contributed by atoms with Crippen molar-refractivity contribution >= 4 is 21.7 Å². The number of hydrogen-bond acceptors (Lipinski definition) is 6. The number of sulfonamides is 1. The van der Waals surface area contributed by atoms with Gasteiger partial charge in [-0.2, -0.15) is 19.7 Å². The molecule has 29 heavy (non-hydrogen) atoms. The second kappa shape index (κ2) is 7.64. The van der Waals surface area contributed by atoms with E-state index in [0.29, 0.717) is 12.2 Å². The van der Waals surface area contributed by atoms with E-state index < -0.39 is 22.0 Å². The number of rotatable bonds is 7. The summed E-state index contributed by atoms with van der Waals surface area (Å²) in [6.45, 7) is 0.566. The highest BCUT2D eigenvalue weighted by molar-refractivity contribution is 7.89. The molecule has 0 amide bonds. The lowest BCUT2D eigenvalue weighted by Crippen LogP contribution is -2.41. The van der Waals surface area contributed by atoms with Crippen LogP contribution < -0.4 is 10.0 Å². The Hall–Kier alpha value is -3.24. The molecule has 10 heteroatoms. The number of nitrogens with one attached hydrogen (secondary N) is 2. The van der Waals surface area contributed by atoms with Crippen LogP contribution in [-0.2, 0) is 14.8 Å². The van der Waals surface area contributed by atoms with Crippen molar-refractivity contribution in [1.29, 1.82) is 0 Å². The third-order valence-corrected chi connectivity index (χ3v) is 6.34. The van der Waals surface area contributed by atoms with Gasteiger partial charge in [-0.25, -0.2) is 8.42 Å². The average Bonchev–Trinajstić information content (AvgIpc) is 3.38. The summed E-state index contributed by atoms with van der Waals surface area (Å²) in [5.41, 5.74) is 2.54. The van der Waals surface area contributed by atoms with Crippen LogP contribution in [-0.4, -0.2) is 47.1 Å². The summed E-state index contributed by atoms with van der Waals surface area (Å²) in [6, 6.07) is 12.3. The molecule has 0 fully saturated rings. The smallest absolute Gasteiger partial charge is 0.321 e. The zero-order chi connectivity index (χ0) is 20.4. The van der Waals surface area contributed by atoms with E-state index in [-0.39, 0.29) is 17.2 Å². The second-order valence-electron chi connectivity index (χ2n) is 6.73. The maximum Gasteiger partial charge on any atom is 0.321 e. The van der Waals surface area contributed by atoms with Crippen LogP contribution in [0.15, 0.2) is 65.8 Å². The van der Waals surface area contributed by atoms with Crippen LogP contribution in [0.1, 0.15) is 17.9 Å². The van der Waals surface area contributed by atoms with Gasteiger partial charge in [-0.15, -0.1) is 0 Å². The summed E-state index contributed by atoms with van der Waals surface area (Å²) < 4.78 is 27.8. The van der Waals surface area contributed by atoms with Crippen LogP contribution in [0.5, 0.6) is 0 Å². The van der Waals surface area contributed by atoms with Crippen LogP contribution in [0.4, 0.5) is 5.69 Å². The van der Waals surface area contributed by atoms with Crippen molar-refractivity contribution in [3.8, 4) is 5.69 Å². The van der Waals surface area contributed by atoms with Crippen molar-refractivity contribution in [2.75, 3.05) is 11.9 Å². The Balaban J connectivity index is 1.51. The van der Waals surface area contributed by atoms with Crippen molar-refractivity contribution in [1.82, 2.24) is 19.7 Å². The monoisotopic (exact) mass is 413 g/mol. The minimum atomic E-state index is -4.01. The van der Waals surface area contributed by atoms with Gasteiger partial charge >= 0.3 is 5.97 Å². The first-order chi connectivity index (χ1) is 13.9. The number of carboxylic acid groups (broad SMARTS) is 1. The second-order valence-corrected chi connectivity index (χ2v) is 8.44. The molecule has 2 aromatic carbocycles. The van der Waals surface area contributed by atoms with Gasteiger partial charge < -0.3 is 10.4 Å². The van der Waals surface area contributed by atoms with Gasteiger partial charge in [-0.1, -0.05) is 18.2 Å². The fraction of sp³-hybridized carbons (Fsp3) is 0.211. The lowest BCUT2D eigenvalue weighted by molar-refractivity contribution is -0.139. The third kappa shape index (κ3) is 3.98. The topological polar surface area (TPSA) is 126 Å². The van der Waals surface area contributed by atoms with Gasteiger partial charge in [0.1, 0.15) is 6.04 Å². The van der Waals surface area contributed by atoms with E-state index in [0.717, 1.165) is 11.3 Å². The van der Waals surface area contributed by atoms with Gasteiger partial charge in [0.2, 0.25) is 10.0 Å². The predicted molar refractivity (Wildman–Crippen MR) is 105 cm³/mol. The minimum Gasteiger partial charge on any atom is -0.480 e. The molecule has 0 radical (unpaired) electrons. The maximum absolute atomic E-state index is 12.7. The highest BCUT2D eigenvalue weighted by Crippen LogP contribution is 2.34. The van der Waals surface area contributed by atoms with Gasteiger partial charge in [0, 0.05) is 18.2 Å². The van der Waals surface area contributed by atoms with E-state index in [1.165, 1.54) is 29.3 Å². The molecule has 3 aromatic rings. The Kier molecular flexibility index (Phi) is 5.03. The molecule has 3 N–H and O–H groups in total. The van der Waals surface area contributed by atoms with Crippen molar-refractivity contribution in [2.24, 2.45) is 0 Å². The van der Waals surface area contributed by atoms with Gasteiger partial charge in [-0.3, -0.25) is 4.79 Å². The molecule has 0 aliphatic carbocycles. The van der Waals surface area contributed by atoms with E-state index in [1.54, 1.807) is 12.1 Å². The molecular weight excluding hydrogens is 394 g/mol. The van der Waals surface area contributed by atoms with Crippen molar-refractivity contribution in [3.63, 3.8) is 0 Å². The number of hydrogen-bond donors (Lipinski definition) is 3. The van der Waals surface area contributed by atoms with E-state index >= 15 is 0 Å². The number of para-hydroxylation sites is 1. The molecule has 9 nitrogen and oxygen atoms in total. The first-order valence-corrected chi connectivity index (χ1v) is 10.5. The summed E-state index contributed by atoms with van der Waals surface area (Å²) in [5, 5.41) is 20.8. The van der Waals surface area contributed by atoms with E-state index in [9.17, 15) is 18.3 Å². The number of benzene rings is 2. The van der Waals surface area contributed by atoms with Gasteiger partial charge in [0.05, 0.1) is 23.0 Å². The summed E-state index contributed by atoms with van der Waals surface area (Å²) in [5.74, 6) is -1.31. The molecule has 150 valence electrons. The molecular formula is C19H19N5O4S. The van der Waals surface area contributed by atoms with Crippen molar-refractivity contribution in [3.05, 3.63) is 66.5 Å². The lowest BCUT2D eigenvalue weighted by atomic mass is 9.94. The Morgan fingerprint density at radius 3 is 2.55 bits per heavy atom. The van der Waals surface area contributed by atoms with Crippen LogP contribution in [0, 0.1) is 0 Å². The number of aromatic nitrogens is 3. The number of fused-ring (bicyclic) bond motifs is 1. The molecule has 2 atom stereocenters. The number of aliphatic carboxylic acids is 1. The predicted octanol–water partition coefficient (Wildman–Crippen LogP) is 1.60. The first kappa shape index (κ1) is 19.1. The van der Waals surface area contributed by atoms with Crippen molar-refractivity contribution in [2.45, 2.75) is 23.3 Å². The highest BCUT2D eigenvalue weighted by Gasteiger charge is 2.31. The molecule has 1 aliphatic heterocycles. The normalized spacial score (nSPS) is 16.8. The van der Waals surface area contributed by atoms with Crippen LogP contribution in [0.2, 0.25) is 0 Å². The van der Waals surface area contributed by atoms with Crippen LogP contribution in [0.3, 0.4) is 0 Å². The van der Waals surface area contributed by atoms with Crippen molar-refractivity contribution < 1.29 is 18.3 Å². The summed E-state index contributed by atoms with van der Waals surface area (Å²) in [6.07, 6.45) is 3.17. The number of anilines is 1. The van der Waals surface area contributed by atoms with Gasteiger partial charge in [0.15, 0.2) is 0 Å². The fourth-order valence-corrected chi connectivity index (χ4v) is 4.62. The Labute approximate surface area is 167 Å². The number of carboxylic acids is 1. The summed E-state index contributed by atoms with van der Waals surface area (Å²) in [4.78, 5) is 13.1. The molecule has 0 saturated carbocycles. The Morgan fingerprint density at radius 1 is 1.17 bits per heavy atom. The third-order valence-electron chi connectivity index (χ3n) is 4.85. The summed E-state index contributed by atoms with van der Waals surface area (Å²) >= 11 is 0. The lowest BCUT2D eigenvalue weighted by Gasteiger charge is -2.19. The van der Waals surface area contributed by atoms with E-state index in [2.05, 4.69) is 20.2 Å². The average molecular weight is 413 g/mol. The van der Waals surface area contributed by atoms with E-state index in [4.69, 9.17) is 0 Å². The highest BCUT2D eigenvalue weighted by atomic mass is 32.2. The first-order valence-electron chi connectivity index (χ1n) is 8.99. The fourth-order valence-electron chi connectivity index (χ4n) is 3.41. The molecule has 0 spiro atoms. The molecule has 1 aliphatic rings. The zero-order valence-corrected chi connectivity index (χ0v) is 16.1. The quantitative estimate of drug-likeness (QED) is 0.537. The summed E-state index contributed by atoms with van der Waals surface area (Å²) in [7, 11) is -4.01. The van der Waals surface area contributed by atoms with Gasteiger partial charge in [-0.05, 0) is 42.3 Å². The number of nitrogens with zero attached hydrogens (tertiary/aromatic N) is 3. The standard InChI is InChI=1S/C19H19N5O4S/c25-19(26)18(11-13-12-20-17-4-2-1-3-16(13)17)23-29(27,28)15-7-5-14(6-8-15)24-21-9-10-22-24/h1-10,13,18,20,23H,11-12H2,(H,25,26)/t13?,18-/m1/s1. The minimum absolute atomic E-state index is 0.0235. The van der Waals surface area contributed by atoms with E-state index in [1.807, 2.05) is 24.3 Å². The molecule has 0 bridgehead atoms. The van der Waals surface area contributed by atoms with Crippen LogP contribution in [0.25, 0.3) is 5.69 Å².